The maximum Gasteiger partial charge on any atom is 0.250 e. The van der Waals surface area contributed by atoms with E-state index in [1.807, 2.05) is 51.1 Å². The van der Waals surface area contributed by atoms with Gasteiger partial charge in [-0.1, -0.05) is 49.3 Å². The van der Waals surface area contributed by atoms with Crippen LogP contribution in [0.15, 0.2) is 47.0 Å². The Kier molecular flexibility index (Phi) is 6.84. The molecule has 0 saturated carbocycles. The fourth-order valence-corrected chi connectivity index (χ4v) is 3.43. The van der Waals surface area contributed by atoms with Crippen LogP contribution in [-0.2, 0) is 6.61 Å². The van der Waals surface area contributed by atoms with Crippen molar-refractivity contribution >= 4 is 5.91 Å². The zero-order chi connectivity index (χ0) is 21.7. The van der Waals surface area contributed by atoms with E-state index in [0.717, 1.165) is 16.8 Å². The number of ether oxygens (including phenoxy) is 1. The highest BCUT2D eigenvalue weighted by molar-refractivity contribution is 5.94. The van der Waals surface area contributed by atoms with Gasteiger partial charge in [-0.3, -0.25) is 4.79 Å². The van der Waals surface area contributed by atoms with Gasteiger partial charge in [-0.2, -0.15) is 0 Å². The summed E-state index contributed by atoms with van der Waals surface area (Å²) in [4.78, 5) is 16.4. The highest BCUT2D eigenvalue weighted by Crippen LogP contribution is 2.29. The number of nitrogens with zero attached hydrogens (tertiary/aromatic N) is 2. The van der Waals surface area contributed by atoms with E-state index in [1.165, 1.54) is 0 Å². The van der Waals surface area contributed by atoms with Crippen molar-refractivity contribution in [1.82, 2.24) is 10.1 Å². The molecule has 1 aromatic carbocycles. The molecule has 3 aromatic rings. The van der Waals surface area contributed by atoms with Crippen LogP contribution in [0.2, 0.25) is 0 Å². The normalized spacial score (nSPS) is 12.2. The second-order valence-corrected chi connectivity index (χ2v) is 7.68. The van der Waals surface area contributed by atoms with Crippen LogP contribution in [0.3, 0.4) is 0 Å². The number of hydrogen-bond donors (Lipinski definition) is 2. The Morgan fingerprint density at radius 1 is 1.20 bits per heavy atom. The predicted molar refractivity (Wildman–Crippen MR) is 113 cm³/mol. The molecule has 0 bridgehead atoms. The molecule has 158 valence electrons. The molecule has 1 amide bonds. The number of amides is 1. The third kappa shape index (κ3) is 4.86. The average Bonchev–Trinajstić information content (AvgIpc) is 3.11. The molecule has 1 atom stereocenters. The topological polar surface area (TPSA) is 111 Å². The number of pyridine rings is 1. The van der Waals surface area contributed by atoms with E-state index >= 15 is 0 Å². The molecule has 7 nitrogen and oxygen atoms in total. The summed E-state index contributed by atoms with van der Waals surface area (Å²) in [5.74, 6) is 0.454. The summed E-state index contributed by atoms with van der Waals surface area (Å²) in [7, 11) is 0. The Balaban J connectivity index is 1.87. The van der Waals surface area contributed by atoms with Crippen LogP contribution in [0.5, 0.6) is 5.88 Å². The number of rotatable bonds is 9. The molecule has 0 fully saturated rings. The molecule has 2 aromatic heterocycles. The van der Waals surface area contributed by atoms with Gasteiger partial charge in [0.15, 0.2) is 0 Å². The molecule has 0 spiro atoms. The number of hydrogen-bond acceptors (Lipinski definition) is 6. The molecule has 7 heteroatoms. The van der Waals surface area contributed by atoms with Gasteiger partial charge in [0, 0.05) is 17.5 Å². The summed E-state index contributed by atoms with van der Waals surface area (Å²) in [6.07, 6.45) is 0.677. The molecule has 3 N–H and O–H groups in total. The first-order valence-corrected chi connectivity index (χ1v) is 9.95. The number of benzene rings is 1. The van der Waals surface area contributed by atoms with E-state index in [0.29, 0.717) is 35.2 Å². The van der Waals surface area contributed by atoms with Crippen LogP contribution in [0.1, 0.15) is 53.6 Å². The van der Waals surface area contributed by atoms with Gasteiger partial charge in [0.1, 0.15) is 18.1 Å². The number of primary amides is 1. The first-order valence-electron chi connectivity index (χ1n) is 9.95. The maximum atomic E-state index is 11.9. The van der Waals surface area contributed by atoms with Crippen LogP contribution in [0.25, 0.3) is 11.3 Å². The summed E-state index contributed by atoms with van der Waals surface area (Å²) in [5.41, 5.74) is 8.75. The first-order chi connectivity index (χ1) is 14.4. The van der Waals surface area contributed by atoms with Crippen molar-refractivity contribution in [2.24, 2.45) is 11.7 Å². The standard InChI is InChI=1S/C23H27N3O4/c1-14(2)11-17(12-27)21-18(23(24)28)9-10-20(25-21)29-13-19-15(3)30-26-22(19)16-7-5-4-6-8-16/h4-10,14,17,27H,11-13H2,1-3H3,(H2,24,28)/t17-/m1/s1. The number of aliphatic hydroxyl groups is 1. The highest BCUT2D eigenvalue weighted by atomic mass is 16.5. The largest absolute Gasteiger partial charge is 0.473 e. The van der Waals surface area contributed by atoms with Crippen molar-refractivity contribution < 1.29 is 19.2 Å². The van der Waals surface area contributed by atoms with Crippen LogP contribution in [-0.4, -0.2) is 27.8 Å². The van der Waals surface area contributed by atoms with Gasteiger partial charge in [-0.25, -0.2) is 4.98 Å². The van der Waals surface area contributed by atoms with Crippen molar-refractivity contribution in [2.45, 2.75) is 39.7 Å². The van der Waals surface area contributed by atoms with Gasteiger partial charge in [0.2, 0.25) is 5.88 Å². The molecular weight excluding hydrogens is 382 g/mol. The van der Waals surface area contributed by atoms with Gasteiger partial charge in [0.05, 0.1) is 23.4 Å². The minimum Gasteiger partial charge on any atom is -0.473 e. The Bertz CT molecular complexity index is 999. The molecule has 0 aliphatic carbocycles. The minimum absolute atomic E-state index is 0.127. The SMILES string of the molecule is Cc1onc(-c2ccccc2)c1COc1ccc(C(N)=O)c([C@@H](CO)CC(C)C)n1. The monoisotopic (exact) mass is 409 g/mol. The molecule has 2 heterocycles. The van der Waals surface area contributed by atoms with E-state index in [4.69, 9.17) is 15.0 Å². The number of aryl methyl sites for hydroxylation is 1. The van der Waals surface area contributed by atoms with E-state index in [-0.39, 0.29) is 19.1 Å². The van der Waals surface area contributed by atoms with Crippen LogP contribution in [0, 0.1) is 12.8 Å². The highest BCUT2D eigenvalue weighted by Gasteiger charge is 2.22. The van der Waals surface area contributed by atoms with Gasteiger partial charge in [-0.05, 0) is 25.3 Å². The number of aliphatic hydroxyl groups excluding tert-OH is 1. The minimum atomic E-state index is -0.576. The molecule has 30 heavy (non-hydrogen) atoms. The summed E-state index contributed by atoms with van der Waals surface area (Å²) in [6.45, 7) is 6.00. The van der Waals surface area contributed by atoms with Crippen LogP contribution in [0.4, 0.5) is 0 Å². The zero-order valence-electron chi connectivity index (χ0n) is 17.5. The molecule has 0 aliphatic rings. The molecule has 0 radical (unpaired) electrons. The van der Waals surface area contributed by atoms with Crippen LogP contribution >= 0.6 is 0 Å². The second kappa shape index (κ2) is 9.54. The predicted octanol–water partition coefficient (Wildman–Crippen LogP) is 3.84. The van der Waals surface area contributed by atoms with Gasteiger partial charge >= 0.3 is 0 Å². The Hall–Kier alpha value is -3.19. The van der Waals surface area contributed by atoms with E-state index in [2.05, 4.69) is 10.1 Å². The fourth-order valence-electron chi connectivity index (χ4n) is 3.43. The molecule has 0 saturated heterocycles. The lowest BCUT2D eigenvalue weighted by molar-refractivity contribution is 0.0997. The van der Waals surface area contributed by atoms with E-state index in [1.54, 1.807) is 12.1 Å². The first kappa shape index (κ1) is 21.5. The van der Waals surface area contributed by atoms with E-state index in [9.17, 15) is 9.90 Å². The lowest BCUT2D eigenvalue weighted by Crippen LogP contribution is -2.20. The Morgan fingerprint density at radius 3 is 2.57 bits per heavy atom. The lowest BCUT2D eigenvalue weighted by atomic mass is 9.91. The third-order valence-electron chi connectivity index (χ3n) is 4.92. The number of aromatic nitrogens is 2. The van der Waals surface area contributed by atoms with Crippen LogP contribution < -0.4 is 10.5 Å². The van der Waals surface area contributed by atoms with Crippen molar-refractivity contribution in [2.75, 3.05) is 6.61 Å². The zero-order valence-corrected chi connectivity index (χ0v) is 17.5. The quantitative estimate of drug-likeness (QED) is 0.555. The number of nitrogens with two attached hydrogens (primary N) is 1. The third-order valence-corrected chi connectivity index (χ3v) is 4.92. The van der Waals surface area contributed by atoms with Crippen molar-refractivity contribution in [3.05, 3.63) is 65.0 Å². The summed E-state index contributed by atoms with van der Waals surface area (Å²) in [6, 6.07) is 12.9. The molecule has 0 unspecified atom stereocenters. The number of carbonyl (C=O) groups is 1. The van der Waals surface area contributed by atoms with Gasteiger partial charge in [-0.15, -0.1) is 0 Å². The van der Waals surface area contributed by atoms with Gasteiger partial charge < -0.3 is 20.1 Å². The lowest BCUT2D eigenvalue weighted by Gasteiger charge is -2.19. The van der Waals surface area contributed by atoms with Crippen molar-refractivity contribution in [3.8, 4) is 17.1 Å². The average molecular weight is 409 g/mol. The fraction of sp³-hybridized carbons (Fsp3) is 0.348. The Labute approximate surface area is 175 Å². The smallest absolute Gasteiger partial charge is 0.250 e. The van der Waals surface area contributed by atoms with Gasteiger partial charge in [0.25, 0.3) is 5.91 Å². The van der Waals surface area contributed by atoms with Crippen molar-refractivity contribution in [1.29, 1.82) is 0 Å². The molecular formula is C23H27N3O4. The molecule has 0 aliphatic heterocycles. The molecule has 3 rings (SSSR count). The maximum absolute atomic E-state index is 11.9. The summed E-state index contributed by atoms with van der Waals surface area (Å²) in [5, 5.41) is 14.0. The second-order valence-electron chi connectivity index (χ2n) is 7.68. The summed E-state index contributed by atoms with van der Waals surface area (Å²) >= 11 is 0. The summed E-state index contributed by atoms with van der Waals surface area (Å²) < 4.78 is 11.3. The van der Waals surface area contributed by atoms with E-state index < -0.39 is 5.91 Å². The number of carbonyl (C=O) groups excluding carboxylic acids is 1. The van der Waals surface area contributed by atoms with Crippen molar-refractivity contribution in [3.63, 3.8) is 0 Å². The Morgan fingerprint density at radius 2 is 1.93 bits per heavy atom.